The van der Waals surface area contributed by atoms with Crippen LogP contribution < -0.4 is 5.32 Å². The van der Waals surface area contributed by atoms with Crippen molar-refractivity contribution >= 4 is 50.5 Å². The number of amides is 2. The fraction of sp³-hybridized carbons (Fsp3) is 0.267. The monoisotopic (exact) mass is 348 g/mol. The number of fused-ring (bicyclic) bond motifs is 1. The van der Waals surface area contributed by atoms with Crippen molar-refractivity contribution < 1.29 is 9.59 Å². The molecule has 2 amide bonds. The van der Waals surface area contributed by atoms with Gasteiger partial charge in [0, 0.05) is 13.1 Å². The fourth-order valence-electron chi connectivity index (χ4n) is 2.25. The molecule has 3 aromatic rings. The largest absolute Gasteiger partial charge is 0.339 e. The molecule has 0 atom stereocenters. The van der Waals surface area contributed by atoms with Crippen molar-refractivity contribution in [3.63, 3.8) is 0 Å². The normalized spacial score (nSPS) is 10.9. The molecule has 8 heteroatoms. The number of anilines is 1. The van der Waals surface area contributed by atoms with E-state index in [4.69, 9.17) is 0 Å². The quantitative estimate of drug-likeness (QED) is 0.741. The number of nitrogens with one attached hydrogen (secondary N) is 2. The summed E-state index contributed by atoms with van der Waals surface area (Å²) in [5, 5.41) is 11.6. The Kier molecular flexibility index (Phi) is 4.44. The van der Waals surface area contributed by atoms with Crippen LogP contribution in [0.4, 0.5) is 5.82 Å². The highest BCUT2D eigenvalue weighted by molar-refractivity contribution is 7.21. The standard InChI is InChI=1S/C15H16N4O2S2/c1-3-19(4-2)15(21)11-8-9-12(23-11)13(18-17-9)16-14(20)10-6-5-7-22-10/h5-8H,3-4H2,1-2H3,(H2,16,17,18,20). The van der Waals surface area contributed by atoms with Crippen molar-refractivity contribution in [3.8, 4) is 0 Å². The number of nitrogens with zero attached hydrogens (tertiary/aromatic N) is 2. The van der Waals surface area contributed by atoms with Crippen molar-refractivity contribution in [2.75, 3.05) is 18.4 Å². The van der Waals surface area contributed by atoms with Gasteiger partial charge in [-0.05, 0) is 31.4 Å². The second kappa shape index (κ2) is 6.51. The summed E-state index contributed by atoms with van der Waals surface area (Å²) in [6.07, 6.45) is 0. The molecule has 0 aliphatic heterocycles. The van der Waals surface area contributed by atoms with Crippen LogP contribution in [0.1, 0.15) is 33.2 Å². The van der Waals surface area contributed by atoms with Crippen LogP contribution in [0.5, 0.6) is 0 Å². The molecule has 0 saturated heterocycles. The molecule has 3 heterocycles. The van der Waals surface area contributed by atoms with Gasteiger partial charge < -0.3 is 10.2 Å². The summed E-state index contributed by atoms with van der Waals surface area (Å²) < 4.78 is 0.783. The molecule has 2 N–H and O–H groups in total. The summed E-state index contributed by atoms with van der Waals surface area (Å²) in [6, 6.07) is 5.37. The zero-order chi connectivity index (χ0) is 16.4. The number of hydrogen-bond acceptors (Lipinski definition) is 5. The van der Waals surface area contributed by atoms with E-state index in [1.807, 2.05) is 25.3 Å². The predicted molar refractivity (Wildman–Crippen MR) is 93.5 cm³/mol. The van der Waals surface area contributed by atoms with Crippen LogP contribution >= 0.6 is 22.7 Å². The first-order chi connectivity index (χ1) is 11.1. The number of rotatable bonds is 5. The van der Waals surface area contributed by atoms with Gasteiger partial charge in [-0.25, -0.2) is 0 Å². The van der Waals surface area contributed by atoms with E-state index >= 15 is 0 Å². The Balaban J connectivity index is 1.86. The van der Waals surface area contributed by atoms with E-state index in [9.17, 15) is 9.59 Å². The van der Waals surface area contributed by atoms with Crippen LogP contribution in [0.25, 0.3) is 10.2 Å². The Bertz CT molecular complexity index is 831. The molecular weight excluding hydrogens is 332 g/mol. The highest BCUT2D eigenvalue weighted by Gasteiger charge is 2.19. The number of carbonyl (C=O) groups excluding carboxylic acids is 2. The summed E-state index contributed by atoms with van der Waals surface area (Å²) in [7, 11) is 0. The molecule has 0 spiro atoms. The molecule has 0 fully saturated rings. The second-order valence-electron chi connectivity index (χ2n) is 4.83. The number of aromatic nitrogens is 2. The summed E-state index contributed by atoms with van der Waals surface area (Å²) in [6.45, 7) is 5.24. The number of carbonyl (C=O) groups is 2. The molecule has 23 heavy (non-hydrogen) atoms. The highest BCUT2D eigenvalue weighted by atomic mass is 32.1. The van der Waals surface area contributed by atoms with Crippen molar-refractivity contribution in [2.24, 2.45) is 0 Å². The summed E-state index contributed by atoms with van der Waals surface area (Å²) in [5.41, 5.74) is 0.756. The minimum absolute atomic E-state index is 0.000123. The Labute approximate surface area is 141 Å². The number of H-pyrrole nitrogens is 1. The Morgan fingerprint density at radius 3 is 2.74 bits per heavy atom. The molecule has 6 nitrogen and oxygen atoms in total. The average Bonchev–Trinajstić information content (AvgIpc) is 3.26. The number of thiophene rings is 2. The van der Waals surface area contributed by atoms with Gasteiger partial charge in [-0.1, -0.05) is 6.07 Å². The summed E-state index contributed by atoms with van der Waals surface area (Å²) in [5.74, 6) is 0.264. The van der Waals surface area contributed by atoms with Crippen molar-refractivity contribution in [3.05, 3.63) is 33.3 Å². The minimum Gasteiger partial charge on any atom is -0.339 e. The molecule has 0 radical (unpaired) electrons. The zero-order valence-corrected chi connectivity index (χ0v) is 14.4. The lowest BCUT2D eigenvalue weighted by molar-refractivity contribution is 0.0777. The number of hydrogen-bond donors (Lipinski definition) is 2. The van der Waals surface area contributed by atoms with Crippen LogP contribution in [-0.4, -0.2) is 40.0 Å². The third-order valence-corrected chi connectivity index (χ3v) is 5.47. The first-order valence-electron chi connectivity index (χ1n) is 7.26. The van der Waals surface area contributed by atoms with Crippen LogP contribution in [0.15, 0.2) is 23.6 Å². The molecule has 3 aromatic heterocycles. The average molecular weight is 348 g/mol. The van der Waals surface area contributed by atoms with E-state index < -0.39 is 0 Å². The Hall–Kier alpha value is -2.19. The van der Waals surface area contributed by atoms with Crippen LogP contribution in [0.3, 0.4) is 0 Å². The van der Waals surface area contributed by atoms with Gasteiger partial charge in [0.2, 0.25) is 0 Å². The van der Waals surface area contributed by atoms with Crippen molar-refractivity contribution in [1.29, 1.82) is 0 Å². The molecular formula is C15H16N4O2S2. The van der Waals surface area contributed by atoms with E-state index in [1.54, 1.807) is 17.0 Å². The molecule has 3 rings (SSSR count). The van der Waals surface area contributed by atoms with Gasteiger partial charge in [0.05, 0.1) is 20.0 Å². The van der Waals surface area contributed by atoms with Crippen LogP contribution in [0.2, 0.25) is 0 Å². The van der Waals surface area contributed by atoms with Gasteiger partial charge in [0.25, 0.3) is 11.8 Å². The smallest absolute Gasteiger partial charge is 0.266 e. The lowest BCUT2D eigenvalue weighted by Crippen LogP contribution is -2.29. The Morgan fingerprint density at radius 2 is 2.09 bits per heavy atom. The second-order valence-corrected chi connectivity index (χ2v) is 6.83. The van der Waals surface area contributed by atoms with Gasteiger partial charge in [-0.15, -0.1) is 22.7 Å². The van der Waals surface area contributed by atoms with Crippen LogP contribution in [-0.2, 0) is 0 Å². The molecule has 120 valence electrons. The van der Waals surface area contributed by atoms with Crippen molar-refractivity contribution in [2.45, 2.75) is 13.8 Å². The maximum Gasteiger partial charge on any atom is 0.266 e. The van der Waals surface area contributed by atoms with Gasteiger partial charge >= 0.3 is 0 Å². The maximum atomic E-state index is 12.4. The van der Waals surface area contributed by atoms with Gasteiger partial charge in [-0.2, -0.15) is 5.10 Å². The summed E-state index contributed by atoms with van der Waals surface area (Å²) in [4.78, 5) is 27.6. The first-order valence-corrected chi connectivity index (χ1v) is 8.95. The molecule has 0 saturated carbocycles. The van der Waals surface area contributed by atoms with Gasteiger partial charge in [-0.3, -0.25) is 14.7 Å². The van der Waals surface area contributed by atoms with Crippen molar-refractivity contribution in [1.82, 2.24) is 15.1 Å². The SMILES string of the molecule is CCN(CC)C(=O)c1cc2[nH]nc(NC(=O)c3cccs3)c2s1. The summed E-state index contributed by atoms with van der Waals surface area (Å²) >= 11 is 2.71. The first kappa shape index (κ1) is 15.7. The maximum absolute atomic E-state index is 12.4. The minimum atomic E-state index is -0.196. The lowest BCUT2D eigenvalue weighted by atomic mass is 10.3. The topological polar surface area (TPSA) is 78.1 Å². The number of aromatic amines is 1. The van der Waals surface area contributed by atoms with Crippen LogP contribution in [0, 0.1) is 0 Å². The lowest BCUT2D eigenvalue weighted by Gasteiger charge is -2.17. The van der Waals surface area contributed by atoms with E-state index in [0.29, 0.717) is 28.7 Å². The third kappa shape index (κ3) is 2.99. The fourth-order valence-corrected chi connectivity index (χ4v) is 3.89. The third-order valence-electron chi connectivity index (χ3n) is 3.47. The highest BCUT2D eigenvalue weighted by Crippen LogP contribution is 2.31. The van der Waals surface area contributed by atoms with Gasteiger partial charge in [0.1, 0.15) is 0 Å². The van der Waals surface area contributed by atoms with E-state index in [0.717, 1.165) is 10.2 Å². The Morgan fingerprint density at radius 1 is 1.30 bits per heavy atom. The predicted octanol–water partition coefficient (Wildman–Crippen LogP) is 3.42. The molecule has 0 aromatic carbocycles. The molecule has 0 aliphatic carbocycles. The van der Waals surface area contributed by atoms with E-state index in [-0.39, 0.29) is 11.8 Å². The van der Waals surface area contributed by atoms with Gasteiger partial charge in [0.15, 0.2) is 5.82 Å². The van der Waals surface area contributed by atoms with E-state index in [2.05, 4.69) is 15.5 Å². The molecule has 0 aliphatic rings. The van der Waals surface area contributed by atoms with E-state index in [1.165, 1.54) is 22.7 Å². The molecule has 0 unspecified atom stereocenters. The zero-order valence-electron chi connectivity index (χ0n) is 12.8. The molecule has 0 bridgehead atoms.